The van der Waals surface area contributed by atoms with E-state index >= 15 is 0 Å². The second-order valence-electron chi connectivity index (χ2n) is 4.48. The molecule has 0 spiro atoms. The highest BCUT2D eigenvalue weighted by atomic mass is 16.5. The Bertz CT molecular complexity index is 328. The van der Waals surface area contributed by atoms with Crippen LogP contribution < -0.4 is 0 Å². The van der Waals surface area contributed by atoms with Crippen LogP contribution in [-0.2, 0) is 4.74 Å². The molecule has 0 saturated heterocycles. The molecule has 0 aliphatic rings. The first-order valence-electron chi connectivity index (χ1n) is 6.06. The Morgan fingerprint density at radius 2 is 2.06 bits per heavy atom. The molecule has 17 heavy (non-hydrogen) atoms. The molecular formula is C14H23NO2. The SMILES string of the molecule is COCCCN(C)CC(O)c1ccccc1C. The maximum atomic E-state index is 10.2. The lowest BCUT2D eigenvalue weighted by molar-refractivity contribution is 0.117. The van der Waals surface area contributed by atoms with E-state index in [4.69, 9.17) is 4.74 Å². The Labute approximate surface area is 104 Å². The summed E-state index contributed by atoms with van der Waals surface area (Å²) in [4.78, 5) is 2.14. The van der Waals surface area contributed by atoms with Crippen LogP contribution in [0.15, 0.2) is 24.3 Å². The van der Waals surface area contributed by atoms with Crippen LogP contribution in [-0.4, -0.2) is 43.9 Å². The summed E-state index contributed by atoms with van der Waals surface area (Å²) in [6.07, 6.45) is 0.580. The molecule has 0 radical (unpaired) electrons. The second kappa shape index (κ2) is 7.43. The molecular weight excluding hydrogens is 214 g/mol. The first-order chi connectivity index (χ1) is 8.15. The summed E-state index contributed by atoms with van der Waals surface area (Å²) in [6, 6.07) is 7.98. The van der Waals surface area contributed by atoms with E-state index in [1.807, 2.05) is 38.2 Å². The van der Waals surface area contributed by atoms with E-state index in [9.17, 15) is 5.11 Å². The molecule has 1 atom stereocenters. The predicted octanol–water partition coefficient (Wildman–Crippen LogP) is 2.00. The van der Waals surface area contributed by atoms with Gasteiger partial charge >= 0.3 is 0 Å². The van der Waals surface area contributed by atoms with Crippen LogP contribution >= 0.6 is 0 Å². The summed E-state index contributed by atoms with van der Waals surface area (Å²) in [5.74, 6) is 0. The normalized spacial score (nSPS) is 13.0. The van der Waals surface area contributed by atoms with Crippen molar-refractivity contribution in [3.63, 3.8) is 0 Å². The lowest BCUT2D eigenvalue weighted by Gasteiger charge is -2.21. The Morgan fingerprint density at radius 3 is 2.71 bits per heavy atom. The molecule has 1 unspecified atom stereocenters. The molecule has 0 saturated carbocycles. The summed E-state index contributed by atoms with van der Waals surface area (Å²) >= 11 is 0. The lowest BCUT2D eigenvalue weighted by atomic mass is 10.0. The van der Waals surface area contributed by atoms with Crippen molar-refractivity contribution in [3.05, 3.63) is 35.4 Å². The minimum Gasteiger partial charge on any atom is -0.387 e. The van der Waals surface area contributed by atoms with Crippen LogP contribution in [0.2, 0.25) is 0 Å². The number of ether oxygens (including phenoxy) is 1. The number of rotatable bonds is 7. The molecule has 1 aromatic carbocycles. The number of likely N-dealkylation sites (N-methyl/N-ethyl adjacent to an activating group) is 1. The molecule has 1 aromatic rings. The smallest absolute Gasteiger partial charge is 0.0919 e. The van der Waals surface area contributed by atoms with Crippen LogP contribution in [0.5, 0.6) is 0 Å². The summed E-state index contributed by atoms with van der Waals surface area (Å²) in [5.41, 5.74) is 2.16. The minimum absolute atomic E-state index is 0.413. The molecule has 1 rings (SSSR count). The number of nitrogens with zero attached hydrogens (tertiary/aromatic N) is 1. The van der Waals surface area contributed by atoms with Gasteiger partial charge in [-0.3, -0.25) is 0 Å². The number of hydrogen-bond acceptors (Lipinski definition) is 3. The van der Waals surface area contributed by atoms with Gasteiger partial charge in [0.2, 0.25) is 0 Å². The fourth-order valence-electron chi connectivity index (χ4n) is 1.92. The zero-order valence-electron chi connectivity index (χ0n) is 11.0. The molecule has 0 aliphatic carbocycles. The van der Waals surface area contributed by atoms with Crippen LogP contribution in [0.1, 0.15) is 23.7 Å². The van der Waals surface area contributed by atoms with Crippen molar-refractivity contribution in [2.24, 2.45) is 0 Å². The number of benzene rings is 1. The minimum atomic E-state index is -0.413. The van der Waals surface area contributed by atoms with E-state index in [2.05, 4.69) is 4.90 Å². The van der Waals surface area contributed by atoms with Gasteiger partial charge < -0.3 is 14.7 Å². The maximum Gasteiger partial charge on any atom is 0.0919 e. The summed E-state index contributed by atoms with van der Waals surface area (Å²) in [6.45, 7) is 4.40. The Kier molecular flexibility index (Phi) is 6.19. The van der Waals surface area contributed by atoms with Gasteiger partial charge in [-0.25, -0.2) is 0 Å². The number of hydrogen-bond donors (Lipinski definition) is 1. The summed E-state index contributed by atoms with van der Waals surface area (Å²) in [7, 11) is 3.74. The highest BCUT2D eigenvalue weighted by Crippen LogP contribution is 2.17. The van der Waals surface area contributed by atoms with Gasteiger partial charge in [-0.15, -0.1) is 0 Å². The first kappa shape index (κ1) is 14.2. The van der Waals surface area contributed by atoms with E-state index in [-0.39, 0.29) is 0 Å². The molecule has 0 aliphatic heterocycles. The number of aliphatic hydroxyl groups excluding tert-OH is 1. The quantitative estimate of drug-likeness (QED) is 0.736. The van der Waals surface area contributed by atoms with E-state index < -0.39 is 6.10 Å². The van der Waals surface area contributed by atoms with Gasteiger partial charge in [-0.1, -0.05) is 24.3 Å². The third kappa shape index (κ3) is 4.86. The van der Waals surface area contributed by atoms with Gasteiger partial charge in [-0.05, 0) is 31.5 Å². The molecule has 3 nitrogen and oxygen atoms in total. The van der Waals surface area contributed by atoms with Gasteiger partial charge in [0.15, 0.2) is 0 Å². The Hall–Kier alpha value is -0.900. The van der Waals surface area contributed by atoms with E-state index in [0.29, 0.717) is 6.54 Å². The van der Waals surface area contributed by atoms with E-state index in [1.165, 1.54) is 0 Å². The van der Waals surface area contributed by atoms with Crippen LogP contribution in [0.4, 0.5) is 0 Å². The fraction of sp³-hybridized carbons (Fsp3) is 0.571. The highest BCUT2D eigenvalue weighted by molar-refractivity contribution is 5.27. The van der Waals surface area contributed by atoms with Crippen molar-refractivity contribution in [3.8, 4) is 0 Å². The fourth-order valence-corrected chi connectivity index (χ4v) is 1.92. The predicted molar refractivity (Wildman–Crippen MR) is 70.1 cm³/mol. The monoisotopic (exact) mass is 237 g/mol. The summed E-state index contributed by atoms with van der Waals surface area (Å²) in [5, 5.41) is 10.2. The topological polar surface area (TPSA) is 32.7 Å². The Morgan fingerprint density at radius 1 is 1.35 bits per heavy atom. The summed E-state index contributed by atoms with van der Waals surface area (Å²) < 4.78 is 5.01. The van der Waals surface area contributed by atoms with Crippen molar-refractivity contribution in [1.82, 2.24) is 4.90 Å². The van der Waals surface area contributed by atoms with Crippen LogP contribution in [0, 0.1) is 6.92 Å². The molecule has 0 fully saturated rings. The zero-order chi connectivity index (χ0) is 12.7. The van der Waals surface area contributed by atoms with Crippen LogP contribution in [0.25, 0.3) is 0 Å². The van der Waals surface area contributed by atoms with E-state index in [0.717, 1.165) is 30.7 Å². The van der Waals surface area contributed by atoms with Crippen molar-refractivity contribution < 1.29 is 9.84 Å². The van der Waals surface area contributed by atoms with Gasteiger partial charge in [0, 0.05) is 26.8 Å². The number of methoxy groups -OCH3 is 1. The molecule has 0 heterocycles. The van der Waals surface area contributed by atoms with Crippen molar-refractivity contribution in [2.75, 3.05) is 33.9 Å². The largest absolute Gasteiger partial charge is 0.387 e. The van der Waals surface area contributed by atoms with Gasteiger partial charge in [0.1, 0.15) is 0 Å². The van der Waals surface area contributed by atoms with Gasteiger partial charge in [0.25, 0.3) is 0 Å². The highest BCUT2D eigenvalue weighted by Gasteiger charge is 2.12. The number of aryl methyl sites for hydroxylation is 1. The standard InChI is InChI=1S/C14H23NO2/c1-12-7-4-5-8-13(12)14(16)11-15(2)9-6-10-17-3/h4-5,7-8,14,16H,6,9-11H2,1-3H3. The van der Waals surface area contributed by atoms with Crippen molar-refractivity contribution >= 4 is 0 Å². The molecule has 1 N–H and O–H groups in total. The number of aliphatic hydroxyl groups is 1. The molecule has 0 bridgehead atoms. The lowest BCUT2D eigenvalue weighted by Crippen LogP contribution is -2.26. The average molecular weight is 237 g/mol. The maximum absolute atomic E-state index is 10.2. The molecule has 3 heteroatoms. The van der Waals surface area contributed by atoms with Crippen molar-refractivity contribution in [2.45, 2.75) is 19.4 Å². The zero-order valence-corrected chi connectivity index (χ0v) is 11.0. The third-order valence-electron chi connectivity index (χ3n) is 2.92. The van der Waals surface area contributed by atoms with Gasteiger partial charge in [-0.2, -0.15) is 0 Å². The molecule has 0 amide bonds. The molecule has 0 aromatic heterocycles. The van der Waals surface area contributed by atoms with Crippen LogP contribution in [0.3, 0.4) is 0 Å². The second-order valence-corrected chi connectivity index (χ2v) is 4.48. The van der Waals surface area contributed by atoms with Gasteiger partial charge in [0.05, 0.1) is 6.10 Å². The van der Waals surface area contributed by atoms with Crippen molar-refractivity contribution in [1.29, 1.82) is 0 Å². The molecule has 96 valence electrons. The Balaban J connectivity index is 2.43. The first-order valence-corrected chi connectivity index (χ1v) is 6.06. The van der Waals surface area contributed by atoms with E-state index in [1.54, 1.807) is 7.11 Å². The third-order valence-corrected chi connectivity index (χ3v) is 2.92. The average Bonchev–Trinajstić information content (AvgIpc) is 2.29.